The number of carbonyl (C=O) groups is 2. The number of carbonyl (C=O) groups excluding carboxylic acids is 2. The van der Waals surface area contributed by atoms with Crippen LogP contribution in [0.2, 0.25) is 0 Å². The molecule has 0 bridgehead atoms. The van der Waals surface area contributed by atoms with Crippen LogP contribution in [0.3, 0.4) is 0 Å². The van der Waals surface area contributed by atoms with E-state index in [9.17, 15) is 9.59 Å². The van der Waals surface area contributed by atoms with E-state index in [-0.39, 0.29) is 23.4 Å². The predicted octanol–water partition coefficient (Wildman–Crippen LogP) is 2.71. The molecule has 3 nitrogen and oxygen atoms in total. The molecular weight excluding hydrogens is 204 g/mol. The molecule has 2 atom stereocenters. The Kier molecular flexibility index (Phi) is 3.22. The van der Waals surface area contributed by atoms with Gasteiger partial charge in [-0.1, -0.05) is 6.42 Å². The molecule has 0 aromatic carbocycles. The number of hydrogen-bond donors (Lipinski definition) is 0. The number of hydrogen-bond acceptors (Lipinski definition) is 3. The fraction of sp³-hybridized carbons (Fsp3) is 0.538. The molecule has 0 unspecified atom stereocenters. The molecule has 0 N–H and O–H groups in total. The van der Waals surface area contributed by atoms with Crippen LogP contribution in [-0.2, 0) is 9.59 Å². The van der Waals surface area contributed by atoms with Gasteiger partial charge in [-0.25, -0.2) is 0 Å². The molecule has 1 aliphatic carbocycles. The second-order valence-corrected chi connectivity index (χ2v) is 4.46. The van der Waals surface area contributed by atoms with Gasteiger partial charge in [-0.2, -0.15) is 0 Å². The summed E-state index contributed by atoms with van der Waals surface area (Å²) in [6.07, 6.45) is 6.58. The lowest BCUT2D eigenvalue weighted by molar-refractivity contribution is -0.130. The highest BCUT2D eigenvalue weighted by atomic mass is 16.3. The summed E-state index contributed by atoms with van der Waals surface area (Å²) in [5, 5.41) is 0. The minimum atomic E-state index is -0.299. The summed E-state index contributed by atoms with van der Waals surface area (Å²) in [4.78, 5) is 23.5. The molecule has 1 saturated carbocycles. The van der Waals surface area contributed by atoms with Crippen molar-refractivity contribution in [1.82, 2.24) is 0 Å². The van der Waals surface area contributed by atoms with Gasteiger partial charge >= 0.3 is 0 Å². The Morgan fingerprint density at radius 3 is 2.88 bits per heavy atom. The van der Waals surface area contributed by atoms with Crippen LogP contribution in [0, 0.1) is 5.92 Å². The van der Waals surface area contributed by atoms with Gasteiger partial charge in [0.05, 0.1) is 18.4 Å². The quantitative estimate of drug-likeness (QED) is 0.786. The first-order valence-corrected chi connectivity index (χ1v) is 5.75. The van der Waals surface area contributed by atoms with Gasteiger partial charge in [-0.05, 0) is 25.8 Å². The molecule has 16 heavy (non-hydrogen) atoms. The lowest BCUT2D eigenvalue weighted by Gasteiger charge is -2.26. The molecule has 0 amide bonds. The van der Waals surface area contributed by atoms with Gasteiger partial charge in [-0.15, -0.1) is 0 Å². The standard InChI is InChI=1S/C13H16O3/c1-9(14)13(10-6-7-16-8-10)11-4-2-3-5-12(11)15/h6-8,11,13H,2-5H2,1H3/t11-,13-/m0/s1. The summed E-state index contributed by atoms with van der Waals surface area (Å²) in [6, 6.07) is 1.79. The molecule has 2 rings (SSSR count). The van der Waals surface area contributed by atoms with Crippen LogP contribution in [0.1, 0.15) is 44.1 Å². The molecule has 0 aliphatic heterocycles. The molecule has 1 aromatic rings. The zero-order chi connectivity index (χ0) is 11.5. The van der Waals surface area contributed by atoms with Crippen molar-refractivity contribution in [3.63, 3.8) is 0 Å². The third kappa shape index (κ3) is 2.08. The predicted molar refractivity (Wildman–Crippen MR) is 59.1 cm³/mol. The zero-order valence-electron chi connectivity index (χ0n) is 9.44. The van der Waals surface area contributed by atoms with Crippen LogP contribution in [0.5, 0.6) is 0 Å². The largest absolute Gasteiger partial charge is 0.472 e. The molecule has 3 heteroatoms. The topological polar surface area (TPSA) is 47.3 Å². The molecule has 0 spiro atoms. The maximum atomic E-state index is 11.9. The van der Waals surface area contributed by atoms with Crippen molar-refractivity contribution in [2.45, 2.75) is 38.5 Å². The van der Waals surface area contributed by atoms with E-state index in [0.717, 1.165) is 24.8 Å². The van der Waals surface area contributed by atoms with E-state index in [4.69, 9.17) is 4.42 Å². The average Bonchev–Trinajstić information content (AvgIpc) is 2.74. The van der Waals surface area contributed by atoms with Crippen molar-refractivity contribution in [2.24, 2.45) is 5.92 Å². The first kappa shape index (κ1) is 11.1. The Balaban J connectivity index is 2.25. The highest BCUT2D eigenvalue weighted by Crippen LogP contribution is 2.34. The van der Waals surface area contributed by atoms with Crippen molar-refractivity contribution in [3.05, 3.63) is 24.2 Å². The molecule has 1 fully saturated rings. The maximum absolute atomic E-state index is 11.9. The third-order valence-corrected chi connectivity index (χ3v) is 3.34. The minimum absolute atomic E-state index is 0.0571. The average molecular weight is 220 g/mol. The molecule has 86 valence electrons. The lowest BCUT2D eigenvalue weighted by atomic mass is 9.75. The molecule has 1 aromatic heterocycles. The molecule has 0 radical (unpaired) electrons. The molecule has 1 aliphatic rings. The van der Waals surface area contributed by atoms with Gasteiger partial charge in [0.2, 0.25) is 0 Å². The van der Waals surface area contributed by atoms with Crippen molar-refractivity contribution in [1.29, 1.82) is 0 Å². The Morgan fingerprint density at radius 2 is 2.31 bits per heavy atom. The van der Waals surface area contributed by atoms with Crippen LogP contribution >= 0.6 is 0 Å². The summed E-state index contributed by atoms with van der Waals surface area (Å²) in [5.41, 5.74) is 0.841. The Hall–Kier alpha value is -1.38. The number of Topliss-reactive ketones (excluding diaryl/α,β-unsaturated/α-hetero) is 2. The summed E-state index contributed by atoms with van der Waals surface area (Å²) >= 11 is 0. The summed E-state index contributed by atoms with van der Waals surface area (Å²) in [6.45, 7) is 1.56. The van der Waals surface area contributed by atoms with Crippen molar-refractivity contribution in [3.8, 4) is 0 Å². The zero-order valence-corrected chi connectivity index (χ0v) is 9.44. The SMILES string of the molecule is CC(=O)[C@@H](c1ccoc1)[C@H]1CCCCC1=O. The second-order valence-electron chi connectivity index (χ2n) is 4.46. The first-order chi connectivity index (χ1) is 7.70. The van der Waals surface area contributed by atoms with Gasteiger partial charge in [0.1, 0.15) is 11.6 Å². The van der Waals surface area contributed by atoms with E-state index in [2.05, 4.69) is 0 Å². The molecule has 1 heterocycles. The van der Waals surface area contributed by atoms with E-state index < -0.39 is 0 Å². The smallest absolute Gasteiger partial charge is 0.138 e. The maximum Gasteiger partial charge on any atom is 0.138 e. The van der Waals surface area contributed by atoms with Crippen LogP contribution in [0.4, 0.5) is 0 Å². The van der Waals surface area contributed by atoms with Crippen LogP contribution in [0.25, 0.3) is 0 Å². The highest BCUT2D eigenvalue weighted by molar-refractivity contribution is 5.92. The number of ketones is 2. The van der Waals surface area contributed by atoms with Gasteiger partial charge in [0.15, 0.2) is 0 Å². The third-order valence-electron chi connectivity index (χ3n) is 3.34. The summed E-state index contributed by atoms with van der Waals surface area (Å²) in [5.74, 6) is -0.148. The monoisotopic (exact) mass is 220 g/mol. The molecule has 0 saturated heterocycles. The fourth-order valence-corrected chi connectivity index (χ4v) is 2.56. The minimum Gasteiger partial charge on any atom is -0.472 e. The van der Waals surface area contributed by atoms with Crippen LogP contribution in [0.15, 0.2) is 23.0 Å². The van der Waals surface area contributed by atoms with Gasteiger partial charge in [-0.3, -0.25) is 9.59 Å². The summed E-state index contributed by atoms with van der Waals surface area (Å²) in [7, 11) is 0. The number of rotatable bonds is 3. The van der Waals surface area contributed by atoms with Crippen molar-refractivity contribution in [2.75, 3.05) is 0 Å². The van der Waals surface area contributed by atoms with E-state index in [1.54, 1.807) is 25.5 Å². The van der Waals surface area contributed by atoms with Crippen molar-refractivity contribution >= 4 is 11.6 Å². The van der Waals surface area contributed by atoms with Crippen molar-refractivity contribution < 1.29 is 14.0 Å². The van der Waals surface area contributed by atoms with Gasteiger partial charge in [0, 0.05) is 17.9 Å². The lowest BCUT2D eigenvalue weighted by Crippen LogP contribution is -2.29. The van der Waals surface area contributed by atoms with Crippen LogP contribution in [-0.4, -0.2) is 11.6 Å². The Labute approximate surface area is 94.8 Å². The van der Waals surface area contributed by atoms with Gasteiger partial charge < -0.3 is 4.42 Å². The summed E-state index contributed by atoms with van der Waals surface area (Å²) < 4.78 is 5.01. The fourth-order valence-electron chi connectivity index (χ4n) is 2.56. The van der Waals surface area contributed by atoms with Crippen LogP contribution < -0.4 is 0 Å². The Morgan fingerprint density at radius 1 is 1.50 bits per heavy atom. The molecular formula is C13H16O3. The van der Waals surface area contributed by atoms with E-state index in [1.807, 2.05) is 0 Å². The Bertz CT molecular complexity index is 378. The highest BCUT2D eigenvalue weighted by Gasteiger charge is 2.34. The van der Waals surface area contributed by atoms with Gasteiger partial charge in [0.25, 0.3) is 0 Å². The number of furan rings is 1. The second kappa shape index (κ2) is 4.64. The van der Waals surface area contributed by atoms with E-state index in [0.29, 0.717) is 6.42 Å². The normalized spacial score (nSPS) is 23.1. The van der Waals surface area contributed by atoms with E-state index in [1.165, 1.54) is 0 Å². The van der Waals surface area contributed by atoms with E-state index >= 15 is 0 Å². The first-order valence-electron chi connectivity index (χ1n) is 5.75.